The van der Waals surface area contributed by atoms with Gasteiger partial charge in [-0.3, -0.25) is 13.7 Å². The highest BCUT2D eigenvalue weighted by molar-refractivity contribution is 8.57. The summed E-state index contributed by atoms with van der Waals surface area (Å²) >= 11 is 4.27. The topological polar surface area (TPSA) is 78.9 Å². The Hall–Kier alpha value is 1.54. The van der Waals surface area contributed by atoms with Crippen molar-refractivity contribution in [3.8, 4) is 0 Å². The van der Waals surface area contributed by atoms with E-state index in [9.17, 15) is 13.7 Å². The van der Waals surface area contributed by atoms with E-state index in [1.54, 1.807) is 20.0 Å². The first-order chi connectivity index (χ1) is 19.1. The van der Waals surface area contributed by atoms with Crippen LogP contribution in [-0.4, -0.2) is 120 Å². The molecule has 1 rings (SSSR count). The molecule has 0 aliphatic heterocycles. The number of nitrogens with zero attached hydrogens (tertiary/aromatic N) is 2. The van der Waals surface area contributed by atoms with E-state index < -0.39 is 19.7 Å². The molecule has 8 nitrogen and oxygen atoms in total. The van der Waals surface area contributed by atoms with Gasteiger partial charge in [-0.1, -0.05) is 74.2 Å². The molecule has 1 fully saturated rings. The summed E-state index contributed by atoms with van der Waals surface area (Å²) in [6.07, 6.45) is 8.14. The first-order valence-electron chi connectivity index (χ1n) is 15.3. The molecule has 43 heavy (non-hydrogen) atoms. The third-order valence-corrected chi connectivity index (χ3v) is 17.6. The molecule has 0 aromatic carbocycles. The first kappa shape index (κ1) is 46.7. The smallest absolute Gasteiger partial charge is 0.255 e. The maximum Gasteiger partial charge on any atom is 0.255 e. The summed E-state index contributed by atoms with van der Waals surface area (Å²) < 4.78 is 54.2. The van der Waals surface area contributed by atoms with Crippen molar-refractivity contribution < 1.29 is 36.2 Å². The van der Waals surface area contributed by atoms with Crippen LogP contribution in [0.3, 0.4) is 0 Å². The minimum absolute atomic E-state index is 0.00922. The minimum Gasteiger partial charge on any atom is -0.330 e. The van der Waals surface area contributed by atoms with Crippen molar-refractivity contribution in [2.75, 3.05) is 93.1 Å². The van der Waals surface area contributed by atoms with Gasteiger partial charge in [-0.15, -0.1) is 0 Å². The molecule has 0 spiro atoms. The van der Waals surface area contributed by atoms with Gasteiger partial charge in [0.1, 0.15) is 0 Å². The summed E-state index contributed by atoms with van der Waals surface area (Å²) in [5, 5.41) is 0. The summed E-state index contributed by atoms with van der Waals surface area (Å²) in [6.45, 7) is 12.0. The van der Waals surface area contributed by atoms with Crippen molar-refractivity contribution in [1.82, 2.24) is 0 Å². The van der Waals surface area contributed by atoms with Gasteiger partial charge in [-0.05, 0) is 45.3 Å². The zero-order valence-corrected chi connectivity index (χ0v) is 35.6. The molecule has 0 heterocycles. The number of quaternary nitrogens is 2. The summed E-state index contributed by atoms with van der Waals surface area (Å²) in [5.41, 5.74) is 0.0340. The second kappa shape index (κ2) is 20.8. The Bertz CT molecular complexity index is 899. The average molecular weight is 731 g/mol. The zero-order valence-electron chi connectivity index (χ0n) is 30.5. The Morgan fingerprint density at radius 3 is 1.44 bits per heavy atom. The lowest BCUT2D eigenvalue weighted by atomic mass is 9.91. The highest BCUT2D eigenvalue weighted by atomic mass is 32.7. The van der Waals surface area contributed by atoms with Gasteiger partial charge in [0.25, 0.3) is 19.7 Å². The average Bonchev–Trinajstić information content (AvgIpc) is 2.76. The van der Waals surface area contributed by atoms with E-state index in [4.69, 9.17) is 13.6 Å². The second-order valence-electron chi connectivity index (χ2n) is 14.8. The first-order valence-corrected chi connectivity index (χ1v) is 26.6. The highest BCUT2D eigenvalue weighted by Gasteiger charge is 2.29. The molecule has 1 aliphatic rings. The monoisotopic (exact) mass is 730 g/mol. The van der Waals surface area contributed by atoms with E-state index in [0.717, 1.165) is 46.4 Å². The van der Waals surface area contributed by atoms with Crippen LogP contribution in [0.15, 0.2) is 0 Å². The molecule has 0 radical (unpaired) electrons. The molecule has 1 saturated carbocycles. The van der Waals surface area contributed by atoms with Crippen molar-refractivity contribution >= 4 is 53.9 Å². The summed E-state index contributed by atoms with van der Waals surface area (Å²) in [6, 6.07) is 0. The molecule has 262 valence electrons. The van der Waals surface area contributed by atoms with Gasteiger partial charge in [0.15, 0.2) is 0 Å². The molecule has 0 N–H and O–H groups in total. The van der Waals surface area contributed by atoms with Crippen LogP contribution in [0.2, 0.25) is 0 Å². The highest BCUT2D eigenvalue weighted by Crippen LogP contribution is 2.59. The number of hydrogen-bond acceptors (Lipinski definition) is 9. The van der Waals surface area contributed by atoms with E-state index in [1.807, 2.05) is 27.0 Å². The van der Waals surface area contributed by atoms with Gasteiger partial charge in [-0.25, -0.2) is 0 Å². The third kappa shape index (κ3) is 30.6. The maximum absolute atomic E-state index is 12.3. The lowest BCUT2D eigenvalue weighted by Crippen LogP contribution is -2.36. The Labute approximate surface area is 279 Å². The zero-order chi connectivity index (χ0) is 34.3. The van der Waals surface area contributed by atoms with Crippen molar-refractivity contribution in [2.24, 2.45) is 5.41 Å². The molecule has 0 amide bonds. The van der Waals surface area contributed by atoms with Gasteiger partial charge in [0, 0.05) is 20.0 Å². The lowest BCUT2D eigenvalue weighted by molar-refractivity contribution is -0.867. The molecule has 0 bridgehead atoms. The summed E-state index contributed by atoms with van der Waals surface area (Å²) in [5.74, 6) is 1.75. The Balaban J connectivity index is 0. The van der Waals surface area contributed by atoms with Gasteiger partial charge >= 0.3 is 0 Å². The van der Waals surface area contributed by atoms with Crippen LogP contribution in [0.4, 0.5) is 0 Å². The van der Waals surface area contributed by atoms with Crippen LogP contribution < -0.4 is 0 Å². The molecular weight excluding hydrogens is 661 g/mol. The Morgan fingerprint density at radius 2 is 1.12 bits per heavy atom. The van der Waals surface area contributed by atoms with Gasteiger partial charge < -0.3 is 22.5 Å². The molecule has 0 aromatic heterocycles. The minimum atomic E-state index is -2.52. The van der Waals surface area contributed by atoms with Crippen molar-refractivity contribution in [1.29, 1.82) is 0 Å². The van der Waals surface area contributed by atoms with Crippen LogP contribution in [0.1, 0.15) is 73.6 Å². The van der Waals surface area contributed by atoms with Crippen molar-refractivity contribution in [2.45, 2.75) is 92.0 Å². The largest absolute Gasteiger partial charge is 0.330 e. The van der Waals surface area contributed by atoms with Gasteiger partial charge in [0.2, 0.25) is 0 Å². The molecule has 0 aromatic rings. The maximum atomic E-state index is 12.3. The fourth-order valence-corrected chi connectivity index (χ4v) is 12.2. The van der Waals surface area contributed by atoms with E-state index in [1.165, 1.54) is 53.4 Å². The quantitative estimate of drug-likeness (QED) is 0.121. The molecule has 0 saturated heterocycles. The van der Waals surface area contributed by atoms with Crippen LogP contribution in [0, 0.1) is 5.41 Å². The predicted octanol–water partition coefficient (Wildman–Crippen LogP) is 9.90. The summed E-state index contributed by atoms with van der Waals surface area (Å²) in [4.78, 5) is 0. The molecule has 14 heteroatoms. The predicted molar refractivity (Wildman–Crippen MR) is 199 cm³/mol. The van der Waals surface area contributed by atoms with Crippen LogP contribution in [-0.2, 0) is 27.3 Å². The molecule has 4 atom stereocenters. The fraction of sp³-hybridized carbons (Fsp3) is 1.00. The Morgan fingerprint density at radius 1 is 0.721 bits per heavy atom. The number of hydrogen-bond donors (Lipinski definition) is 0. The normalized spacial score (nSPS) is 20.0. The van der Waals surface area contributed by atoms with Crippen LogP contribution in [0.25, 0.3) is 0 Å². The van der Waals surface area contributed by atoms with Gasteiger partial charge in [-0.2, -0.15) is 0 Å². The van der Waals surface area contributed by atoms with E-state index >= 15 is 0 Å². The van der Waals surface area contributed by atoms with E-state index in [2.05, 4.69) is 63.1 Å². The van der Waals surface area contributed by atoms with Crippen molar-refractivity contribution in [3.63, 3.8) is 0 Å². The third-order valence-electron chi connectivity index (χ3n) is 6.37. The number of rotatable bonds is 15. The van der Waals surface area contributed by atoms with E-state index in [-0.39, 0.29) is 23.7 Å². The second-order valence-corrected chi connectivity index (χ2v) is 30.4. The molecule has 1 aliphatic carbocycles. The molecule has 1 unspecified atom stereocenters. The van der Waals surface area contributed by atoms with Crippen molar-refractivity contribution in [3.05, 3.63) is 0 Å². The van der Waals surface area contributed by atoms with E-state index in [0.29, 0.717) is 0 Å². The SMILES string of the molecule is CC(C)O[P@](C)(=O)SCC[N+](C)(C)C.CC(O[P@](C)(=O)SCC[N+](C)(C)C)C(C)(C)C.CS[P@@](C)(=O)OC1CCCCC1. The molecular formula is C29H69N2O6P3S3+2. The van der Waals surface area contributed by atoms with Crippen LogP contribution >= 0.6 is 53.9 Å². The standard InChI is InChI=1S/C12H29NO2PS.C9H23NO2PS.C8H17O2PS/c1-11(12(2,3)4)15-16(8,14)17-10-9-13(5,6)7;1-9(2)12-13(6,11)14-8-7-10(3,4)5;1-11(9,12-2)10-8-6-4-3-5-7-8/h11H,9-10H2,1-8H3;9H,7-8H2,1-6H3;8H,3-7H2,1-2H3/q2*+1;/t11?,16-;13-;11-/m000/s1. The lowest BCUT2D eigenvalue weighted by Gasteiger charge is -2.30. The Kier molecular flexibility index (Phi) is 22.6. The fourth-order valence-electron chi connectivity index (χ4n) is 3.33. The van der Waals surface area contributed by atoms with Crippen LogP contribution in [0.5, 0.6) is 0 Å². The summed E-state index contributed by atoms with van der Waals surface area (Å²) in [7, 11) is 12.8. The van der Waals surface area contributed by atoms with Gasteiger partial charge in [0.05, 0.1) is 85.2 Å².